The van der Waals surface area contributed by atoms with E-state index in [0.29, 0.717) is 13.1 Å². The molecule has 3 aromatic rings. The summed E-state index contributed by atoms with van der Waals surface area (Å²) < 4.78 is 7.25. The molecule has 3 rings (SSSR count). The van der Waals surface area contributed by atoms with Gasteiger partial charge in [0.15, 0.2) is 5.16 Å². The van der Waals surface area contributed by atoms with E-state index in [1.165, 1.54) is 17.3 Å². The van der Waals surface area contributed by atoms with Crippen molar-refractivity contribution in [3.63, 3.8) is 0 Å². The highest BCUT2D eigenvalue weighted by atomic mass is 32.2. The summed E-state index contributed by atoms with van der Waals surface area (Å²) in [6.07, 6.45) is 1.59. The molecule has 2 aromatic heterocycles. The van der Waals surface area contributed by atoms with E-state index in [4.69, 9.17) is 4.42 Å². The number of nitrogens with one attached hydrogen (secondary N) is 1. The van der Waals surface area contributed by atoms with Crippen LogP contribution in [-0.2, 0) is 17.9 Å². The van der Waals surface area contributed by atoms with Gasteiger partial charge in [0.25, 0.3) is 0 Å². The molecule has 1 aromatic carbocycles. The molecule has 6 nitrogen and oxygen atoms in total. The molecular weight excluding hydrogens is 336 g/mol. The van der Waals surface area contributed by atoms with E-state index in [9.17, 15) is 4.79 Å². The van der Waals surface area contributed by atoms with Crippen LogP contribution in [0.4, 0.5) is 0 Å². The number of nitrogens with zero attached hydrogens (tertiary/aromatic N) is 3. The summed E-state index contributed by atoms with van der Waals surface area (Å²) in [5, 5.41) is 11.7. The molecule has 0 bridgehead atoms. The maximum atomic E-state index is 12.3. The average Bonchev–Trinajstić information content (AvgIpc) is 3.26. The van der Waals surface area contributed by atoms with Crippen LogP contribution in [0.25, 0.3) is 0 Å². The Hall–Kier alpha value is -2.54. The van der Waals surface area contributed by atoms with Crippen molar-refractivity contribution in [2.75, 3.05) is 0 Å². The molecule has 1 unspecified atom stereocenters. The monoisotopic (exact) mass is 356 g/mol. The minimum absolute atomic E-state index is 0.0617. The third-order valence-corrected chi connectivity index (χ3v) is 4.83. The largest absolute Gasteiger partial charge is 0.467 e. The van der Waals surface area contributed by atoms with Gasteiger partial charge in [0.2, 0.25) is 5.91 Å². The maximum Gasteiger partial charge on any atom is 0.233 e. The van der Waals surface area contributed by atoms with Crippen molar-refractivity contribution in [3.05, 3.63) is 65.9 Å². The lowest BCUT2D eigenvalue weighted by atomic mass is 10.2. The van der Waals surface area contributed by atoms with E-state index in [1.54, 1.807) is 12.3 Å². The Bertz CT molecular complexity index is 815. The predicted molar refractivity (Wildman–Crippen MR) is 96.2 cm³/mol. The Morgan fingerprint density at radius 1 is 1.24 bits per heavy atom. The van der Waals surface area contributed by atoms with Crippen LogP contribution in [0.1, 0.15) is 24.1 Å². The summed E-state index contributed by atoms with van der Waals surface area (Å²) in [6.45, 7) is 4.84. The summed E-state index contributed by atoms with van der Waals surface area (Å²) in [4.78, 5) is 12.3. The third kappa shape index (κ3) is 4.51. The molecule has 0 radical (unpaired) electrons. The topological polar surface area (TPSA) is 73.0 Å². The number of carbonyl (C=O) groups excluding carboxylic acids is 1. The number of thioether (sulfide) groups is 1. The summed E-state index contributed by atoms with van der Waals surface area (Å²) >= 11 is 1.40. The van der Waals surface area contributed by atoms with Gasteiger partial charge in [-0.2, -0.15) is 0 Å². The second kappa shape index (κ2) is 8.02. The lowest BCUT2D eigenvalue weighted by Gasteiger charge is -2.13. The zero-order valence-corrected chi connectivity index (χ0v) is 15.0. The molecule has 0 aliphatic carbocycles. The van der Waals surface area contributed by atoms with Crippen molar-refractivity contribution >= 4 is 17.7 Å². The molecule has 0 spiro atoms. The van der Waals surface area contributed by atoms with E-state index >= 15 is 0 Å². The maximum absolute atomic E-state index is 12.3. The Kier molecular flexibility index (Phi) is 5.55. The first-order valence-corrected chi connectivity index (χ1v) is 8.92. The van der Waals surface area contributed by atoms with Crippen LogP contribution in [0.5, 0.6) is 0 Å². The highest BCUT2D eigenvalue weighted by Gasteiger charge is 2.19. The number of rotatable bonds is 7. The molecule has 1 N–H and O–H groups in total. The third-order valence-electron chi connectivity index (χ3n) is 3.75. The highest BCUT2D eigenvalue weighted by molar-refractivity contribution is 8.00. The lowest BCUT2D eigenvalue weighted by molar-refractivity contribution is -0.120. The molecule has 0 aliphatic rings. The second-order valence-corrected chi connectivity index (χ2v) is 6.97. The number of amides is 1. The first-order chi connectivity index (χ1) is 12.1. The van der Waals surface area contributed by atoms with E-state index in [0.717, 1.165) is 16.7 Å². The van der Waals surface area contributed by atoms with Gasteiger partial charge in [-0.1, -0.05) is 42.1 Å². The number of aromatic nitrogens is 3. The minimum atomic E-state index is -0.284. The minimum Gasteiger partial charge on any atom is -0.467 e. The van der Waals surface area contributed by atoms with Gasteiger partial charge < -0.3 is 14.3 Å². The van der Waals surface area contributed by atoms with Gasteiger partial charge in [0.05, 0.1) is 24.6 Å². The molecule has 0 saturated carbocycles. The Balaban J connectivity index is 1.63. The van der Waals surface area contributed by atoms with Crippen LogP contribution in [0.2, 0.25) is 0 Å². The normalized spacial score (nSPS) is 12.1. The van der Waals surface area contributed by atoms with Crippen LogP contribution in [0, 0.1) is 6.92 Å². The molecule has 0 saturated heterocycles. The molecule has 130 valence electrons. The molecule has 1 atom stereocenters. The molecule has 7 heteroatoms. The number of benzene rings is 1. The van der Waals surface area contributed by atoms with E-state index in [2.05, 4.69) is 27.6 Å². The summed E-state index contributed by atoms with van der Waals surface area (Å²) in [6, 6.07) is 13.8. The summed E-state index contributed by atoms with van der Waals surface area (Å²) in [5.41, 5.74) is 1.17. The molecule has 1 amide bonds. The first-order valence-electron chi connectivity index (χ1n) is 8.04. The van der Waals surface area contributed by atoms with Gasteiger partial charge in [0, 0.05) is 0 Å². The van der Waals surface area contributed by atoms with E-state index in [-0.39, 0.29) is 11.2 Å². The van der Waals surface area contributed by atoms with Crippen LogP contribution in [0.15, 0.2) is 58.3 Å². The van der Waals surface area contributed by atoms with Crippen LogP contribution in [-0.4, -0.2) is 25.9 Å². The van der Waals surface area contributed by atoms with Crippen LogP contribution in [0.3, 0.4) is 0 Å². The van der Waals surface area contributed by atoms with Crippen LogP contribution < -0.4 is 5.32 Å². The standard InChI is InChI=1S/C18H20N4O2S/c1-13(17(23)19-11-16-9-6-10-24-16)25-18-21-20-14(2)22(18)12-15-7-4-3-5-8-15/h3-10,13H,11-12H2,1-2H3,(H,19,23). The van der Waals surface area contributed by atoms with Gasteiger partial charge in [0.1, 0.15) is 11.6 Å². The van der Waals surface area contributed by atoms with E-state index in [1.807, 2.05) is 42.7 Å². The van der Waals surface area contributed by atoms with Gasteiger partial charge in [-0.25, -0.2) is 0 Å². The van der Waals surface area contributed by atoms with Crippen molar-refractivity contribution in [3.8, 4) is 0 Å². The average molecular weight is 356 g/mol. The lowest BCUT2D eigenvalue weighted by Crippen LogP contribution is -2.30. The van der Waals surface area contributed by atoms with Crippen molar-refractivity contribution in [1.82, 2.24) is 20.1 Å². The van der Waals surface area contributed by atoms with Crippen molar-refractivity contribution < 1.29 is 9.21 Å². The number of furan rings is 1. The number of hydrogen-bond acceptors (Lipinski definition) is 5. The smallest absolute Gasteiger partial charge is 0.233 e. The Labute approximate surface area is 150 Å². The van der Waals surface area contributed by atoms with Crippen molar-refractivity contribution in [2.45, 2.75) is 37.3 Å². The van der Waals surface area contributed by atoms with Crippen molar-refractivity contribution in [1.29, 1.82) is 0 Å². The molecule has 25 heavy (non-hydrogen) atoms. The fourth-order valence-electron chi connectivity index (χ4n) is 2.34. The number of carbonyl (C=O) groups is 1. The molecular formula is C18H20N4O2S. The summed E-state index contributed by atoms with van der Waals surface area (Å²) in [5.74, 6) is 1.50. The fourth-order valence-corrected chi connectivity index (χ4v) is 3.26. The predicted octanol–water partition coefficient (Wildman–Crippen LogP) is 3.02. The SMILES string of the molecule is Cc1nnc(SC(C)C(=O)NCc2ccco2)n1Cc1ccccc1. The zero-order chi connectivity index (χ0) is 17.6. The van der Waals surface area contributed by atoms with Crippen molar-refractivity contribution in [2.24, 2.45) is 0 Å². The van der Waals surface area contributed by atoms with Crippen LogP contribution >= 0.6 is 11.8 Å². The van der Waals surface area contributed by atoms with Gasteiger partial charge in [-0.05, 0) is 31.5 Å². The number of aryl methyl sites for hydroxylation is 1. The Morgan fingerprint density at radius 3 is 2.76 bits per heavy atom. The summed E-state index contributed by atoms with van der Waals surface area (Å²) in [7, 11) is 0. The second-order valence-electron chi connectivity index (χ2n) is 5.66. The molecule has 0 aliphatic heterocycles. The first kappa shape index (κ1) is 17.3. The number of hydrogen-bond donors (Lipinski definition) is 1. The fraction of sp³-hybridized carbons (Fsp3) is 0.278. The van der Waals surface area contributed by atoms with Gasteiger partial charge in [-0.15, -0.1) is 10.2 Å². The highest BCUT2D eigenvalue weighted by Crippen LogP contribution is 2.23. The zero-order valence-electron chi connectivity index (χ0n) is 14.2. The molecule has 0 fully saturated rings. The van der Waals surface area contributed by atoms with E-state index < -0.39 is 0 Å². The molecule has 2 heterocycles. The Morgan fingerprint density at radius 2 is 2.04 bits per heavy atom. The van der Waals surface area contributed by atoms with Gasteiger partial charge in [-0.3, -0.25) is 4.79 Å². The quantitative estimate of drug-likeness (QED) is 0.659. The van der Waals surface area contributed by atoms with Gasteiger partial charge >= 0.3 is 0 Å².